The van der Waals surface area contributed by atoms with Crippen LogP contribution in [0.25, 0.3) is 0 Å². The highest BCUT2D eigenvalue weighted by Crippen LogP contribution is 2.45. The van der Waals surface area contributed by atoms with Crippen LogP contribution in [-0.2, 0) is 0 Å². The molecule has 86 valence electrons. The maximum absolute atomic E-state index is 4.40. The Hall–Kier alpha value is -1.32. The van der Waals surface area contributed by atoms with Crippen LogP contribution < -0.4 is 10.6 Å². The molecule has 0 amide bonds. The van der Waals surface area contributed by atoms with E-state index in [0.717, 1.165) is 17.7 Å². The first kappa shape index (κ1) is 9.87. The first-order chi connectivity index (χ1) is 7.85. The van der Waals surface area contributed by atoms with E-state index in [1.807, 2.05) is 13.1 Å². The number of aromatic nitrogens is 2. The number of hydrogen-bond acceptors (Lipinski definition) is 4. The molecule has 2 fully saturated rings. The molecule has 2 N–H and O–H groups in total. The molecule has 4 nitrogen and oxygen atoms in total. The molecule has 2 aliphatic rings. The highest BCUT2D eigenvalue weighted by molar-refractivity contribution is 5.40. The minimum Gasteiger partial charge on any atom is -0.367 e. The van der Waals surface area contributed by atoms with Gasteiger partial charge in [0.1, 0.15) is 5.82 Å². The second-order valence-corrected chi connectivity index (χ2v) is 4.94. The van der Waals surface area contributed by atoms with E-state index in [0.29, 0.717) is 12.0 Å². The van der Waals surface area contributed by atoms with E-state index in [2.05, 4.69) is 20.6 Å². The van der Waals surface area contributed by atoms with E-state index in [1.54, 1.807) is 6.20 Å². The number of rotatable bonds is 3. The van der Waals surface area contributed by atoms with Gasteiger partial charge in [-0.1, -0.05) is 6.42 Å². The lowest BCUT2D eigenvalue weighted by Gasteiger charge is -2.23. The summed E-state index contributed by atoms with van der Waals surface area (Å²) in [5.74, 6) is 3.48. The highest BCUT2D eigenvalue weighted by Gasteiger charge is 2.39. The molecule has 16 heavy (non-hydrogen) atoms. The molecule has 4 heteroatoms. The molecule has 1 aromatic heterocycles. The van der Waals surface area contributed by atoms with Gasteiger partial charge in [0.05, 0.1) is 0 Å². The Labute approximate surface area is 95.9 Å². The van der Waals surface area contributed by atoms with Crippen molar-refractivity contribution >= 4 is 11.8 Å². The summed E-state index contributed by atoms with van der Waals surface area (Å²) in [5.41, 5.74) is 0. The molecule has 0 radical (unpaired) electrons. The summed E-state index contributed by atoms with van der Waals surface area (Å²) < 4.78 is 0. The SMILES string of the molecule is CNc1nccc(NC2CC3CCC2C3)n1. The Morgan fingerprint density at radius 1 is 1.31 bits per heavy atom. The fourth-order valence-corrected chi connectivity index (χ4v) is 3.17. The normalized spacial score (nSPS) is 31.7. The molecule has 1 aromatic rings. The Morgan fingerprint density at radius 3 is 2.94 bits per heavy atom. The predicted molar refractivity (Wildman–Crippen MR) is 64.4 cm³/mol. The van der Waals surface area contributed by atoms with Crippen LogP contribution in [0.1, 0.15) is 25.7 Å². The van der Waals surface area contributed by atoms with Crippen molar-refractivity contribution in [2.75, 3.05) is 17.7 Å². The van der Waals surface area contributed by atoms with Crippen molar-refractivity contribution in [1.29, 1.82) is 0 Å². The smallest absolute Gasteiger partial charge is 0.224 e. The summed E-state index contributed by atoms with van der Waals surface area (Å²) >= 11 is 0. The molecule has 1 heterocycles. The fraction of sp³-hybridized carbons (Fsp3) is 0.667. The molecular formula is C12H18N4. The lowest BCUT2D eigenvalue weighted by atomic mass is 9.95. The van der Waals surface area contributed by atoms with Gasteiger partial charge in [0.25, 0.3) is 0 Å². The van der Waals surface area contributed by atoms with Gasteiger partial charge in [-0.3, -0.25) is 0 Å². The average Bonchev–Trinajstić information content (AvgIpc) is 2.91. The Balaban J connectivity index is 1.69. The summed E-state index contributed by atoms with van der Waals surface area (Å²) in [6.45, 7) is 0. The van der Waals surface area contributed by atoms with Gasteiger partial charge in [-0.2, -0.15) is 4.98 Å². The Kier molecular flexibility index (Phi) is 2.42. The molecule has 2 saturated carbocycles. The largest absolute Gasteiger partial charge is 0.367 e. The number of nitrogens with one attached hydrogen (secondary N) is 2. The van der Waals surface area contributed by atoms with Crippen LogP contribution in [0.3, 0.4) is 0 Å². The molecule has 0 aliphatic heterocycles. The molecule has 0 aromatic carbocycles. The third-order valence-electron chi connectivity index (χ3n) is 3.95. The number of fused-ring (bicyclic) bond motifs is 2. The first-order valence-electron chi connectivity index (χ1n) is 6.12. The molecular weight excluding hydrogens is 200 g/mol. The summed E-state index contributed by atoms with van der Waals surface area (Å²) in [4.78, 5) is 8.52. The lowest BCUT2D eigenvalue weighted by Crippen LogP contribution is -2.26. The first-order valence-corrected chi connectivity index (χ1v) is 6.12. The van der Waals surface area contributed by atoms with Gasteiger partial charge in [0, 0.05) is 19.3 Å². The summed E-state index contributed by atoms with van der Waals surface area (Å²) in [6, 6.07) is 2.59. The third kappa shape index (κ3) is 1.72. The minimum absolute atomic E-state index is 0.637. The zero-order valence-corrected chi connectivity index (χ0v) is 9.61. The van der Waals surface area contributed by atoms with Gasteiger partial charge in [-0.15, -0.1) is 0 Å². The molecule has 0 spiro atoms. The van der Waals surface area contributed by atoms with Crippen LogP contribution >= 0.6 is 0 Å². The Morgan fingerprint density at radius 2 is 2.25 bits per heavy atom. The molecule has 3 atom stereocenters. The van der Waals surface area contributed by atoms with Gasteiger partial charge in [0.15, 0.2) is 0 Å². The van der Waals surface area contributed by atoms with Crippen LogP contribution in [0.15, 0.2) is 12.3 Å². The second-order valence-electron chi connectivity index (χ2n) is 4.94. The van der Waals surface area contributed by atoms with Gasteiger partial charge in [0.2, 0.25) is 5.95 Å². The summed E-state index contributed by atoms with van der Waals surface area (Å²) in [5, 5.41) is 6.52. The molecule has 3 rings (SSSR count). The van der Waals surface area contributed by atoms with Gasteiger partial charge in [-0.05, 0) is 37.2 Å². The summed E-state index contributed by atoms with van der Waals surface area (Å²) in [7, 11) is 1.84. The standard InChI is InChI=1S/C12H18N4/c1-13-12-14-5-4-11(16-12)15-10-7-8-2-3-9(10)6-8/h4-5,8-10H,2-3,6-7H2,1H3,(H2,13,14,15,16). The van der Waals surface area contributed by atoms with E-state index in [4.69, 9.17) is 0 Å². The third-order valence-corrected chi connectivity index (χ3v) is 3.95. The van der Waals surface area contributed by atoms with E-state index in [-0.39, 0.29) is 0 Å². The number of anilines is 2. The monoisotopic (exact) mass is 218 g/mol. The lowest BCUT2D eigenvalue weighted by molar-refractivity contribution is 0.439. The van der Waals surface area contributed by atoms with Crippen molar-refractivity contribution in [3.8, 4) is 0 Å². The highest BCUT2D eigenvalue weighted by atomic mass is 15.1. The van der Waals surface area contributed by atoms with Crippen LogP contribution in [0.2, 0.25) is 0 Å². The van der Waals surface area contributed by atoms with Crippen LogP contribution in [0.4, 0.5) is 11.8 Å². The molecule has 2 aliphatic carbocycles. The van der Waals surface area contributed by atoms with E-state index in [9.17, 15) is 0 Å². The van der Waals surface area contributed by atoms with E-state index < -0.39 is 0 Å². The zero-order chi connectivity index (χ0) is 11.0. The fourth-order valence-electron chi connectivity index (χ4n) is 3.17. The molecule has 2 bridgehead atoms. The van der Waals surface area contributed by atoms with Crippen LogP contribution in [-0.4, -0.2) is 23.1 Å². The van der Waals surface area contributed by atoms with E-state index >= 15 is 0 Å². The van der Waals surface area contributed by atoms with Crippen molar-refractivity contribution in [3.05, 3.63) is 12.3 Å². The van der Waals surface area contributed by atoms with Crippen LogP contribution in [0, 0.1) is 11.8 Å². The maximum atomic E-state index is 4.40. The van der Waals surface area contributed by atoms with Crippen molar-refractivity contribution < 1.29 is 0 Å². The second kappa shape index (κ2) is 3.92. The average molecular weight is 218 g/mol. The van der Waals surface area contributed by atoms with Crippen molar-refractivity contribution in [1.82, 2.24) is 9.97 Å². The summed E-state index contributed by atoms with van der Waals surface area (Å²) in [6.07, 6.45) is 7.38. The van der Waals surface area contributed by atoms with Crippen LogP contribution in [0.5, 0.6) is 0 Å². The van der Waals surface area contributed by atoms with Gasteiger partial charge >= 0.3 is 0 Å². The molecule has 0 saturated heterocycles. The van der Waals surface area contributed by atoms with Crippen molar-refractivity contribution in [2.24, 2.45) is 11.8 Å². The zero-order valence-electron chi connectivity index (χ0n) is 9.61. The maximum Gasteiger partial charge on any atom is 0.224 e. The van der Waals surface area contributed by atoms with Gasteiger partial charge < -0.3 is 10.6 Å². The number of hydrogen-bond donors (Lipinski definition) is 2. The van der Waals surface area contributed by atoms with E-state index in [1.165, 1.54) is 25.7 Å². The Bertz CT molecular complexity index is 379. The topological polar surface area (TPSA) is 49.8 Å². The van der Waals surface area contributed by atoms with Crippen molar-refractivity contribution in [3.63, 3.8) is 0 Å². The molecule has 3 unspecified atom stereocenters. The quantitative estimate of drug-likeness (QED) is 0.816. The van der Waals surface area contributed by atoms with Gasteiger partial charge in [-0.25, -0.2) is 4.98 Å². The number of nitrogens with zero attached hydrogens (tertiary/aromatic N) is 2. The van der Waals surface area contributed by atoms with Crippen molar-refractivity contribution in [2.45, 2.75) is 31.7 Å². The minimum atomic E-state index is 0.637. The predicted octanol–water partition coefficient (Wildman–Crippen LogP) is 2.12.